The summed E-state index contributed by atoms with van der Waals surface area (Å²) in [5.74, 6) is -0.267. The number of carbonyl (C=O) groups excluding carboxylic acids is 1. The van der Waals surface area contributed by atoms with E-state index < -0.39 is 0 Å². The Labute approximate surface area is 104 Å². The fourth-order valence-corrected chi connectivity index (χ4v) is 1.68. The Balaban J connectivity index is 2.49. The highest BCUT2D eigenvalue weighted by molar-refractivity contribution is 6.04. The number of nitrogens with one attached hydrogen (secondary N) is 2. The summed E-state index contributed by atoms with van der Waals surface area (Å²) in [5, 5.41) is 10.1. The van der Waals surface area contributed by atoms with Gasteiger partial charge in [-0.15, -0.1) is 0 Å². The molecule has 0 spiro atoms. The van der Waals surface area contributed by atoms with Gasteiger partial charge in [0.2, 0.25) is 0 Å². The lowest BCUT2D eigenvalue weighted by Crippen LogP contribution is -2.33. The van der Waals surface area contributed by atoms with Gasteiger partial charge in [-0.25, -0.2) is 5.10 Å². The summed E-state index contributed by atoms with van der Waals surface area (Å²) in [4.78, 5) is 23.6. The SMILES string of the molecule is CC[C@@H](C)NC(=O)c1n[nH]c(=O)c2ccccc12. The van der Waals surface area contributed by atoms with Crippen molar-refractivity contribution in [1.82, 2.24) is 15.5 Å². The van der Waals surface area contributed by atoms with Crippen LogP contribution in [0.15, 0.2) is 29.1 Å². The van der Waals surface area contributed by atoms with Crippen LogP contribution >= 0.6 is 0 Å². The molecule has 1 aromatic carbocycles. The first kappa shape index (κ1) is 12.3. The third-order valence-electron chi connectivity index (χ3n) is 2.90. The van der Waals surface area contributed by atoms with Crippen LogP contribution in [0, 0.1) is 0 Å². The van der Waals surface area contributed by atoms with E-state index in [0.29, 0.717) is 10.8 Å². The monoisotopic (exact) mass is 245 g/mol. The van der Waals surface area contributed by atoms with Crippen molar-refractivity contribution in [2.24, 2.45) is 0 Å². The van der Waals surface area contributed by atoms with E-state index in [1.807, 2.05) is 13.8 Å². The van der Waals surface area contributed by atoms with Crippen molar-refractivity contribution in [3.63, 3.8) is 0 Å². The van der Waals surface area contributed by atoms with Gasteiger partial charge >= 0.3 is 0 Å². The molecule has 0 aliphatic heterocycles. The molecule has 0 bridgehead atoms. The largest absolute Gasteiger partial charge is 0.348 e. The first-order chi connectivity index (χ1) is 8.63. The average molecular weight is 245 g/mol. The molecule has 1 heterocycles. The molecule has 0 saturated heterocycles. The van der Waals surface area contributed by atoms with Crippen LogP contribution < -0.4 is 10.9 Å². The van der Waals surface area contributed by atoms with Crippen molar-refractivity contribution in [1.29, 1.82) is 0 Å². The molecular formula is C13H15N3O2. The van der Waals surface area contributed by atoms with Crippen LogP contribution in [0.4, 0.5) is 0 Å². The van der Waals surface area contributed by atoms with Gasteiger partial charge in [0.25, 0.3) is 11.5 Å². The maximum absolute atomic E-state index is 12.0. The summed E-state index contributed by atoms with van der Waals surface area (Å²) >= 11 is 0. The van der Waals surface area contributed by atoms with Crippen LogP contribution in [0.2, 0.25) is 0 Å². The van der Waals surface area contributed by atoms with Crippen molar-refractivity contribution >= 4 is 16.7 Å². The second-order valence-corrected chi connectivity index (χ2v) is 4.23. The highest BCUT2D eigenvalue weighted by Crippen LogP contribution is 2.12. The number of nitrogens with zero attached hydrogens (tertiary/aromatic N) is 1. The standard InChI is InChI=1S/C13H15N3O2/c1-3-8(2)14-13(18)11-9-6-4-5-7-10(9)12(17)16-15-11/h4-8H,3H2,1-2H3,(H,14,18)(H,16,17)/t8-/m1/s1. The quantitative estimate of drug-likeness (QED) is 0.859. The predicted molar refractivity (Wildman–Crippen MR) is 69.6 cm³/mol. The zero-order chi connectivity index (χ0) is 13.1. The van der Waals surface area contributed by atoms with Gasteiger partial charge in [-0.2, -0.15) is 5.10 Å². The van der Waals surface area contributed by atoms with Gasteiger partial charge < -0.3 is 5.32 Å². The minimum Gasteiger partial charge on any atom is -0.348 e. The van der Waals surface area contributed by atoms with Crippen LogP contribution in [0.25, 0.3) is 10.8 Å². The zero-order valence-electron chi connectivity index (χ0n) is 10.4. The average Bonchev–Trinajstić information content (AvgIpc) is 2.39. The molecule has 5 heteroatoms. The Morgan fingerprint density at radius 3 is 2.72 bits per heavy atom. The van der Waals surface area contributed by atoms with Gasteiger partial charge in [-0.05, 0) is 19.4 Å². The van der Waals surface area contributed by atoms with E-state index in [1.165, 1.54) is 0 Å². The summed E-state index contributed by atoms with van der Waals surface area (Å²) in [6.45, 7) is 3.91. The first-order valence-corrected chi connectivity index (χ1v) is 5.91. The lowest BCUT2D eigenvalue weighted by molar-refractivity contribution is 0.0935. The molecule has 0 aliphatic carbocycles. The van der Waals surface area contributed by atoms with E-state index in [2.05, 4.69) is 15.5 Å². The molecule has 18 heavy (non-hydrogen) atoms. The van der Waals surface area contributed by atoms with E-state index in [9.17, 15) is 9.59 Å². The van der Waals surface area contributed by atoms with E-state index in [0.717, 1.165) is 6.42 Å². The van der Waals surface area contributed by atoms with Crippen LogP contribution in [-0.2, 0) is 0 Å². The predicted octanol–water partition coefficient (Wildman–Crippen LogP) is 1.45. The van der Waals surface area contributed by atoms with Gasteiger partial charge in [0, 0.05) is 11.4 Å². The highest BCUT2D eigenvalue weighted by Gasteiger charge is 2.14. The summed E-state index contributed by atoms with van der Waals surface area (Å²) in [6.07, 6.45) is 0.840. The van der Waals surface area contributed by atoms with Gasteiger partial charge in [-0.1, -0.05) is 25.1 Å². The molecule has 0 radical (unpaired) electrons. The lowest BCUT2D eigenvalue weighted by atomic mass is 10.1. The summed E-state index contributed by atoms with van der Waals surface area (Å²) < 4.78 is 0. The topological polar surface area (TPSA) is 74.8 Å². The van der Waals surface area contributed by atoms with Gasteiger partial charge in [0.15, 0.2) is 5.69 Å². The summed E-state index contributed by atoms with van der Waals surface area (Å²) in [7, 11) is 0. The van der Waals surface area contributed by atoms with Crippen molar-refractivity contribution in [3.05, 3.63) is 40.3 Å². The molecule has 5 nitrogen and oxygen atoms in total. The van der Waals surface area contributed by atoms with Gasteiger partial charge in [-0.3, -0.25) is 9.59 Å². The second-order valence-electron chi connectivity index (χ2n) is 4.23. The number of hydrogen-bond acceptors (Lipinski definition) is 3. The molecule has 2 N–H and O–H groups in total. The van der Waals surface area contributed by atoms with Crippen molar-refractivity contribution in [3.8, 4) is 0 Å². The fraction of sp³-hybridized carbons (Fsp3) is 0.308. The molecule has 0 saturated carbocycles. The Kier molecular flexibility index (Phi) is 3.41. The number of aromatic amines is 1. The molecule has 1 aromatic heterocycles. The second kappa shape index (κ2) is 5.00. The Bertz CT molecular complexity index is 633. The molecule has 0 aliphatic rings. The van der Waals surface area contributed by atoms with Crippen molar-refractivity contribution in [2.75, 3.05) is 0 Å². The van der Waals surface area contributed by atoms with E-state index in [-0.39, 0.29) is 23.2 Å². The fourth-order valence-electron chi connectivity index (χ4n) is 1.68. The molecule has 2 aromatic rings. The van der Waals surface area contributed by atoms with Crippen molar-refractivity contribution in [2.45, 2.75) is 26.3 Å². The van der Waals surface area contributed by atoms with E-state index >= 15 is 0 Å². The van der Waals surface area contributed by atoms with E-state index in [1.54, 1.807) is 24.3 Å². The lowest BCUT2D eigenvalue weighted by Gasteiger charge is -2.11. The smallest absolute Gasteiger partial charge is 0.272 e. The van der Waals surface area contributed by atoms with Crippen molar-refractivity contribution < 1.29 is 4.79 Å². The van der Waals surface area contributed by atoms with E-state index in [4.69, 9.17) is 0 Å². The van der Waals surface area contributed by atoms with Crippen LogP contribution in [0.1, 0.15) is 30.8 Å². The molecule has 0 unspecified atom stereocenters. The molecule has 94 valence electrons. The number of H-pyrrole nitrogens is 1. The maximum Gasteiger partial charge on any atom is 0.272 e. The molecule has 1 amide bonds. The van der Waals surface area contributed by atoms with Gasteiger partial charge in [0.1, 0.15) is 0 Å². The number of carbonyl (C=O) groups is 1. The molecule has 0 fully saturated rings. The minimum absolute atomic E-state index is 0.0741. The Morgan fingerprint density at radius 1 is 1.39 bits per heavy atom. The maximum atomic E-state index is 12.0. The number of benzene rings is 1. The highest BCUT2D eigenvalue weighted by atomic mass is 16.2. The number of rotatable bonds is 3. The third kappa shape index (κ3) is 2.25. The minimum atomic E-state index is -0.286. The Morgan fingerprint density at radius 2 is 2.06 bits per heavy atom. The Hall–Kier alpha value is -2.17. The summed E-state index contributed by atoms with van der Waals surface area (Å²) in [6, 6.07) is 7.01. The molecule has 2 rings (SSSR count). The first-order valence-electron chi connectivity index (χ1n) is 5.91. The third-order valence-corrected chi connectivity index (χ3v) is 2.90. The van der Waals surface area contributed by atoms with Crippen LogP contribution in [-0.4, -0.2) is 22.1 Å². The number of fused-ring (bicyclic) bond motifs is 1. The zero-order valence-corrected chi connectivity index (χ0v) is 10.4. The molecular weight excluding hydrogens is 230 g/mol. The van der Waals surface area contributed by atoms with Crippen LogP contribution in [0.5, 0.6) is 0 Å². The normalized spacial score (nSPS) is 12.3. The van der Waals surface area contributed by atoms with Crippen LogP contribution in [0.3, 0.4) is 0 Å². The molecule has 1 atom stereocenters. The number of aromatic nitrogens is 2. The number of hydrogen-bond donors (Lipinski definition) is 2. The summed E-state index contributed by atoms with van der Waals surface area (Å²) in [5.41, 5.74) is -0.0313. The van der Waals surface area contributed by atoms with Gasteiger partial charge in [0.05, 0.1) is 5.39 Å². The number of amides is 1.